The summed E-state index contributed by atoms with van der Waals surface area (Å²) in [6, 6.07) is 10.2. The summed E-state index contributed by atoms with van der Waals surface area (Å²) in [4.78, 5) is 11.7. The number of hydrogen-bond acceptors (Lipinski definition) is 6. The molecule has 0 spiro atoms. The number of benzene rings is 2. The first-order valence-electron chi connectivity index (χ1n) is 7.86. The number of rotatable bonds is 6. The zero-order chi connectivity index (χ0) is 19.4. The van der Waals surface area contributed by atoms with Crippen LogP contribution in [-0.2, 0) is 4.79 Å². The van der Waals surface area contributed by atoms with Gasteiger partial charge in [-0.3, -0.25) is 0 Å². The van der Waals surface area contributed by atoms with E-state index >= 15 is 0 Å². The Morgan fingerprint density at radius 1 is 1.00 bits per heavy atom. The molecule has 0 saturated carbocycles. The van der Waals surface area contributed by atoms with E-state index in [0.29, 0.717) is 22.7 Å². The molecule has 6 heteroatoms. The van der Waals surface area contributed by atoms with Crippen molar-refractivity contribution in [2.45, 2.75) is 20.1 Å². The lowest BCUT2D eigenvalue weighted by atomic mass is 10.0. The highest BCUT2D eigenvalue weighted by molar-refractivity contribution is 5.90. The van der Waals surface area contributed by atoms with Gasteiger partial charge in [0.25, 0.3) is 0 Å². The van der Waals surface area contributed by atoms with Gasteiger partial charge in [0, 0.05) is 5.57 Å². The van der Waals surface area contributed by atoms with Gasteiger partial charge in [0.05, 0.1) is 11.4 Å². The standard InChI is InChI=1S/C20H22N2O4/c1-11(2)19(23)25-17-9-13(5-7-15(17)21)14-6-8-16(22)18(10-14)26-20(24)12(3)4/h5-10,19,23H,1,3,21-22H2,2,4H3. The SMILES string of the molecule is C=C(C)C(=O)Oc1cc(-c2ccc(N)c(OC(O)C(=C)C)c2)ccc1N. The molecule has 5 N–H and O–H groups in total. The van der Waals surface area contributed by atoms with Crippen molar-refractivity contribution in [1.29, 1.82) is 0 Å². The third-order valence-corrected chi connectivity index (χ3v) is 3.57. The van der Waals surface area contributed by atoms with Crippen LogP contribution >= 0.6 is 0 Å². The van der Waals surface area contributed by atoms with Crippen LogP contribution in [0.2, 0.25) is 0 Å². The third-order valence-electron chi connectivity index (χ3n) is 3.57. The van der Waals surface area contributed by atoms with Crippen LogP contribution in [0.25, 0.3) is 11.1 Å². The average molecular weight is 354 g/mol. The predicted molar refractivity (Wildman–Crippen MR) is 103 cm³/mol. The number of hydrogen-bond donors (Lipinski definition) is 3. The highest BCUT2D eigenvalue weighted by atomic mass is 16.6. The van der Waals surface area contributed by atoms with Crippen LogP contribution in [0.4, 0.5) is 11.4 Å². The Morgan fingerprint density at radius 2 is 1.50 bits per heavy atom. The Hall–Kier alpha value is -3.25. The molecule has 0 heterocycles. The molecule has 0 aliphatic rings. The highest BCUT2D eigenvalue weighted by Crippen LogP contribution is 2.33. The smallest absolute Gasteiger partial charge is 0.338 e. The van der Waals surface area contributed by atoms with Crippen LogP contribution in [0, 0.1) is 0 Å². The zero-order valence-corrected chi connectivity index (χ0v) is 14.8. The van der Waals surface area contributed by atoms with Crippen LogP contribution in [0.1, 0.15) is 13.8 Å². The molecule has 0 fully saturated rings. The first-order valence-corrected chi connectivity index (χ1v) is 7.86. The number of carbonyl (C=O) groups is 1. The molecule has 0 aliphatic carbocycles. The minimum absolute atomic E-state index is 0.233. The van der Waals surface area contributed by atoms with E-state index in [4.69, 9.17) is 20.9 Å². The second-order valence-electron chi connectivity index (χ2n) is 5.99. The van der Waals surface area contributed by atoms with Crippen molar-refractivity contribution in [3.63, 3.8) is 0 Å². The lowest BCUT2D eigenvalue weighted by Crippen LogP contribution is -2.16. The Morgan fingerprint density at radius 3 is 2.00 bits per heavy atom. The fourth-order valence-electron chi connectivity index (χ4n) is 2.03. The summed E-state index contributed by atoms with van der Waals surface area (Å²) in [5.74, 6) is -0.00757. The maximum Gasteiger partial charge on any atom is 0.338 e. The Kier molecular flexibility index (Phi) is 5.69. The molecular weight excluding hydrogens is 332 g/mol. The molecule has 136 valence electrons. The maximum atomic E-state index is 11.7. The van der Waals surface area contributed by atoms with Crippen molar-refractivity contribution in [3.8, 4) is 22.6 Å². The fraction of sp³-hybridized carbons (Fsp3) is 0.150. The molecule has 0 bridgehead atoms. The molecule has 1 atom stereocenters. The largest absolute Gasteiger partial charge is 0.459 e. The Balaban J connectivity index is 2.37. The van der Waals surface area contributed by atoms with Gasteiger partial charge in [-0.2, -0.15) is 0 Å². The van der Waals surface area contributed by atoms with Crippen molar-refractivity contribution in [2.75, 3.05) is 11.5 Å². The molecule has 6 nitrogen and oxygen atoms in total. The van der Waals surface area contributed by atoms with Crippen molar-refractivity contribution in [3.05, 3.63) is 60.7 Å². The maximum absolute atomic E-state index is 11.7. The topological polar surface area (TPSA) is 108 Å². The van der Waals surface area contributed by atoms with Crippen molar-refractivity contribution >= 4 is 17.3 Å². The monoisotopic (exact) mass is 354 g/mol. The molecular formula is C20H22N2O4. The van der Waals surface area contributed by atoms with E-state index in [9.17, 15) is 9.90 Å². The van der Waals surface area contributed by atoms with Gasteiger partial charge in [-0.1, -0.05) is 25.3 Å². The van der Waals surface area contributed by atoms with E-state index in [-0.39, 0.29) is 11.3 Å². The fourth-order valence-corrected chi connectivity index (χ4v) is 2.03. The van der Waals surface area contributed by atoms with E-state index in [2.05, 4.69) is 13.2 Å². The number of nitrogen functional groups attached to an aromatic ring is 2. The van der Waals surface area contributed by atoms with Gasteiger partial charge >= 0.3 is 5.97 Å². The molecule has 0 amide bonds. The van der Waals surface area contributed by atoms with Gasteiger partial charge in [0.15, 0.2) is 5.75 Å². The van der Waals surface area contributed by atoms with E-state index in [1.54, 1.807) is 50.2 Å². The van der Waals surface area contributed by atoms with Gasteiger partial charge in [-0.05, 0) is 54.8 Å². The van der Waals surface area contributed by atoms with Crippen LogP contribution in [0.3, 0.4) is 0 Å². The zero-order valence-electron chi connectivity index (χ0n) is 14.8. The minimum Gasteiger partial charge on any atom is -0.459 e. The van der Waals surface area contributed by atoms with Gasteiger partial charge in [0.2, 0.25) is 6.29 Å². The number of nitrogens with two attached hydrogens (primary N) is 2. The first kappa shape index (κ1) is 19.1. The van der Waals surface area contributed by atoms with E-state index in [1.807, 2.05) is 0 Å². The van der Waals surface area contributed by atoms with Crippen LogP contribution in [0.5, 0.6) is 11.5 Å². The molecule has 0 saturated heterocycles. The van der Waals surface area contributed by atoms with Crippen molar-refractivity contribution < 1.29 is 19.4 Å². The van der Waals surface area contributed by atoms with Crippen molar-refractivity contribution in [1.82, 2.24) is 0 Å². The third kappa shape index (κ3) is 4.43. The number of anilines is 2. The van der Waals surface area contributed by atoms with Gasteiger partial charge in [-0.15, -0.1) is 0 Å². The number of carbonyl (C=O) groups excluding carboxylic acids is 1. The molecule has 2 aromatic rings. The van der Waals surface area contributed by atoms with Crippen molar-refractivity contribution in [2.24, 2.45) is 0 Å². The summed E-state index contributed by atoms with van der Waals surface area (Å²) in [6.07, 6.45) is -1.16. The van der Waals surface area contributed by atoms with E-state index in [0.717, 1.165) is 11.1 Å². The van der Waals surface area contributed by atoms with Crippen LogP contribution in [-0.4, -0.2) is 17.4 Å². The Bertz CT molecular complexity index is 874. The number of aliphatic hydroxyl groups excluding tert-OH is 1. The highest BCUT2D eigenvalue weighted by Gasteiger charge is 2.13. The van der Waals surface area contributed by atoms with Gasteiger partial charge in [0.1, 0.15) is 5.75 Å². The second-order valence-corrected chi connectivity index (χ2v) is 5.99. The summed E-state index contributed by atoms with van der Waals surface area (Å²) in [7, 11) is 0. The quantitative estimate of drug-likeness (QED) is 0.183. The number of aliphatic hydroxyl groups is 1. The van der Waals surface area contributed by atoms with Gasteiger partial charge < -0.3 is 26.0 Å². The predicted octanol–water partition coefficient (Wildman–Crippen LogP) is 3.27. The van der Waals surface area contributed by atoms with Gasteiger partial charge in [-0.25, -0.2) is 4.79 Å². The first-order chi connectivity index (χ1) is 12.2. The molecule has 0 radical (unpaired) electrons. The molecule has 1 unspecified atom stereocenters. The minimum atomic E-state index is -1.16. The summed E-state index contributed by atoms with van der Waals surface area (Å²) >= 11 is 0. The average Bonchev–Trinajstić information content (AvgIpc) is 2.58. The lowest BCUT2D eigenvalue weighted by molar-refractivity contribution is -0.130. The Labute approximate surface area is 152 Å². The molecule has 2 rings (SSSR count). The van der Waals surface area contributed by atoms with E-state index in [1.165, 1.54) is 0 Å². The summed E-state index contributed by atoms with van der Waals surface area (Å²) in [6.45, 7) is 10.4. The van der Waals surface area contributed by atoms with Crippen LogP contribution < -0.4 is 20.9 Å². The normalized spacial score (nSPS) is 11.5. The summed E-state index contributed by atoms with van der Waals surface area (Å²) in [5, 5.41) is 9.84. The summed E-state index contributed by atoms with van der Waals surface area (Å²) in [5.41, 5.74) is 14.7. The lowest BCUT2D eigenvalue weighted by Gasteiger charge is -2.16. The number of ether oxygens (including phenoxy) is 2. The molecule has 0 aromatic heterocycles. The molecule has 26 heavy (non-hydrogen) atoms. The molecule has 2 aromatic carbocycles. The van der Waals surface area contributed by atoms with E-state index < -0.39 is 12.3 Å². The van der Waals surface area contributed by atoms with Crippen LogP contribution in [0.15, 0.2) is 60.7 Å². The second kappa shape index (κ2) is 7.76. The number of esters is 1. The molecule has 0 aliphatic heterocycles. The summed E-state index contributed by atoms with van der Waals surface area (Å²) < 4.78 is 10.7.